The average molecular weight is 367 g/mol. The van der Waals surface area contributed by atoms with E-state index in [-0.39, 0.29) is 4.90 Å². The molecule has 3 rings (SSSR count). The van der Waals surface area contributed by atoms with E-state index < -0.39 is 10.0 Å². The summed E-state index contributed by atoms with van der Waals surface area (Å²) in [6, 6.07) is 23.2. The smallest absolute Gasteiger partial charge is 0.262 e. The Labute approximate surface area is 154 Å². The van der Waals surface area contributed by atoms with Gasteiger partial charge in [0.05, 0.1) is 10.6 Å². The van der Waals surface area contributed by atoms with Gasteiger partial charge in [0.15, 0.2) is 5.75 Å². The van der Waals surface area contributed by atoms with Crippen molar-refractivity contribution in [3.05, 3.63) is 84.4 Å². The summed E-state index contributed by atoms with van der Waals surface area (Å²) >= 11 is 0. The first-order chi connectivity index (χ1) is 12.6. The van der Waals surface area contributed by atoms with Crippen LogP contribution >= 0.6 is 0 Å². The molecular formula is C21H21NO3S. The van der Waals surface area contributed by atoms with E-state index in [0.717, 1.165) is 18.4 Å². The minimum absolute atomic E-state index is 0.229. The number of aryl methyl sites for hydroxylation is 1. The number of hydrogen-bond donors (Lipinski definition) is 1. The molecule has 0 spiro atoms. The molecule has 3 aromatic rings. The van der Waals surface area contributed by atoms with Crippen molar-refractivity contribution in [1.82, 2.24) is 0 Å². The second-order valence-corrected chi connectivity index (χ2v) is 7.59. The van der Waals surface area contributed by atoms with E-state index in [1.54, 1.807) is 36.4 Å². The summed E-state index contributed by atoms with van der Waals surface area (Å²) in [5.41, 5.74) is 1.52. The summed E-state index contributed by atoms with van der Waals surface area (Å²) in [5.74, 6) is 1.09. The third-order valence-electron chi connectivity index (χ3n) is 3.87. The van der Waals surface area contributed by atoms with Crippen molar-refractivity contribution >= 4 is 15.7 Å². The Balaban J connectivity index is 1.83. The van der Waals surface area contributed by atoms with Crippen molar-refractivity contribution in [3.8, 4) is 11.5 Å². The molecule has 5 heteroatoms. The average Bonchev–Trinajstić information content (AvgIpc) is 2.65. The van der Waals surface area contributed by atoms with Crippen LogP contribution in [0.25, 0.3) is 0 Å². The Morgan fingerprint density at radius 3 is 2.19 bits per heavy atom. The van der Waals surface area contributed by atoms with Crippen molar-refractivity contribution in [2.75, 3.05) is 4.72 Å². The lowest BCUT2D eigenvalue weighted by Gasteiger charge is -2.13. The van der Waals surface area contributed by atoms with Crippen LogP contribution in [0.5, 0.6) is 11.5 Å². The Hall–Kier alpha value is -2.79. The zero-order chi connectivity index (χ0) is 18.4. The predicted octanol–water partition coefficient (Wildman–Crippen LogP) is 5.23. The summed E-state index contributed by atoms with van der Waals surface area (Å²) < 4.78 is 33.9. The number of para-hydroxylation sites is 3. The Morgan fingerprint density at radius 1 is 0.846 bits per heavy atom. The minimum atomic E-state index is -3.69. The fraction of sp³-hybridized carbons (Fsp3) is 0.143. The zero-order valence-corrected chi connectivity index (χ0v) is 15.4. The van der Waals surface area contributed by atoms with E-state index in [4.69, 9.17) is 4.74 Å². The minimum Gasteiger partial charge on any atom is -0.455 e. The number of nitrogens with one attached hydrogen (secondary N) is 1. The number of sulfonamides is 1. The van der Waals surface area contributed by atoms with Crippen molar-refractivity contribution in [3.63, 3.8) is 0 Å². The molecule has 0 fully saturated rings. The molecule has 0 saturated carbocycles. The van der Waals surface area contributed by atoms with Crippen LogP contribution < -0.4 is 9.46 Å². The van der Waals surface area contributed by atoms with Crippen LogP contribution in [0, 0.1) is 0 Å². The molecule has 4 nitrogen and oxygen atoms in total. The lowest BCUT2D eigenvalue weighted by Crippen LogP contribution is -2.13. The zero-order valence-electron chi connectivity index (χ0n) is 14.6. The summed E-state index contributed by atoms with van der Waals surface area (Å²) in [7, 11) is -3.69. The van der Waals surface area contributed by atoms with Crippen molar-refractivity contribution in [2.45, 2.75) is 24.7 Å². The van der Waals surface area contributed by atoms with Gasteiger partial charge in [0.25, 0.3) is 10.0 Å². The molecule has 0 aliphatic heterocycles. The van der Waals surface area contributed by atoms with Crippen LogP contribution in [-0.4, -0.2) is 8.42 Å². The normalized spacial score (nSPS) is 11.1. The third-order valence-corrected chi connectivity index (χ3v) is 5.26. The highest BCUT2D eigenvalue weighted by Crippen LogP contribution is 2.30. The topological polar surface area (TPSA) is 55.4 Å². The maximum atomic E-state index is 12.7. The van der Waals surface area contributed by atoms with E-state index in [9.17, 15) is 8.42 Å². The molecule has 0 aliphatic carbocycles. The van der Waals surface area contributed by atoms with Gasteiger partial charge in [-0.05, 0) is 48.4 Å². The summed E-state index contributed by atoms with van der Waals surface area (Å²) in [6.07, 6.45) is 1.95. The van der Waals surface area contributed by atoms with E-state index >= 15 is 0 Å². The summed E-state index contributed by atoms with van der Waals surface area (Å²) in [5, 5.41) is 0. The van der Waals surface area contributed by atoms with E-state index in [2.05, 4.69) is 11.6 Å². The molecule has 1 N–H and O–H groups in total. The Bertz CT molecular complexity index is 952. The van der Waals surface area contributed by atoms with Crippen LogP contribution in [0.4, 0.5) is 5.69 Å². The van der Waals surface area contributed by atoms with Gasteiger partial charge in [0, 0.05) is 0 Å². The van der Waals surface area contributed by atoms with Gasteiger partial charge in [0.2, 0.25) is 0 Å². The van der Waals surface area contributed by atoms with Gasteiger partial charge in [-0.1, -0.05) is 55.8 Å². The van der Waals surface area contributed by atoms with Gasteiger partial charge in [-0.25, -0.2) is 8.42 Å². The van der Waals surface area contributed by atoms with Gasteiger partial charge in [-0.2, -0.15) is 0 Å². The van der Waals surface area contributed by atoms with Crippen LogP contribution in [0.15, 0.2) is 83.8 Å². The monoisotopic (exact) mass is 367 g/mol. The molecule has 0 atom stereocenters. The highest BCUT2D eigenvalue weighted by Gasteiger charge is 2.16. The number of ether oxygens (including phenoxy) is 1. The molecule has 0 radical (unpaired) electrons. The Kier molecular flexibility index (Phi) is 5.58. The Morgan fingerprint density at radius 2 is 1.50 bits per heavy atom. The van der Waals surface area contributed by atoms with Gasteiger partial charge >= 0.3 is 0 Å². The fourth-order valence-electron chi connectivity index (χ4n) is 2.58. The van der Waals surface area contributed by atoms with Gasteiger partial charge in [-0.3, -0.25) is 4.72 Å². The standard InChI is InChI=1S/C21H21NO3S/c1-2-8-17-13-15-19(16-14-17)26(23,24)22-20-11-6-7-12-21(20)25-18-9-4-3-5-10-18/h3-7,9-16,22H,2,8H2,1H3. The van der Waals surface area contributed by atoms with Crippen LogP contribution in [0.2, 0.25) is 0 Å². The predicted molar refractivity (Wildman–Crippen MR) is 104 cm³/mol. The molecule has 0 aromatic heterocycles. The van der Waals surface area contributed by atoms with Gasteiger partial charge in [-0.15, -0.1) is 0 Å². The van der Waals surface area contributed by atoms with Crippen molar-refractivity contribution < 1.29 is 13.2 Å². The van der Waals surface area contributed by atoms with E-state index in [1.807, 2.05) is 42.5 Å². The highest BCUT2D eigenvalue weighted by atomic mass is 32.2. The molecule has 0 bridgehead atoms. The van der Waals surface area contributed by atoms with Crippen molar-refractivity contribution in [2.24, 2.45) is 0 Å². The number of benzene rings is 3. The molecule has 26 heavy (non-hydrogen) atoms. The fourth-order valence-corrected chi connectivity index (χ4v) is 3.65. The maximum Gasteiger partial charge on any atom is 0.262 e. The summed E-state index contributed by atoms with van der Waals surface area (Å²) in [6.45, 7) is 2.09. The number of anilines is 1. The quantitative estimate of drug-likeness (QED) is 0.622. The third kappa shape index (κ3) is 4.43. The first-order valence-electron chi connectivity index (χ1n) is 8.52. The summed E-state index contributed by atoms with van der Waals surface area (Å²) in [4.78, 5) is 0.229. The molecule has 0 amide bonds. The van der Waals surface area contributed by atoms with Crippen LogP contribution in [0.3, 0.4) is 0 Å². The van der Waals surface area contributed by atoms with Gasteiger partial charge in [0.1, 0.15) is 5.75 Å². The first-order valence-corrected chi connectivity index (χ1v) is 10.0. The maximum absolute atomic E-state index is 12.7. The van der Waals surface area contributed by atoms with E-state index in [1.165, 1.54) is 0 Å². The second-order valence-electron chi connectivity index (χ2n) is 5.91. The number of hydrogen-bond acceptors (Lipinski definition) is 3. The lowest BCUT2D eigenvalue weighted by molar-refractivity contribution is 0.485. The molecule has 0 unspecified atom stereocenters. The largest absolute Gasteiger partial charge is 0.455 e. The van der Waals surface area contributed by atoms with Crippen molar-refractivity contribution in [1.29, 1.82) is 0 Å². The molecule has 0 aliphatic rings. The second kappa shape index (κ2) is 8.06. The molecule has 3 aromatic carbocycles. The SMILES string of the molecule is CCCc1ccc(S(=O)(=O)Nc2ccccc2Oc2ccccc2)cc1. The van der Waals surface area contributed by atoms with Gasteiger partial charge < -0.3 is 4.74 Å². The molecule has 0 saturated heterocycles. The number of rotatable bonds is 7. The molecule has 134 valence electrons. The highest BCUT2D eigenvalue weighted by molar-refractivity contribution is 7.92. The van der Waals surface area contributed by atoms with Crippen LogP contribution in [0.1, 0.15) is 18.9 Å². The first kappa shape index (κ1) is 18.0. The lowest BCUT2D eigenvalue weighted by atomic mass is 10.1. The molecular weight excluding hydrogens is 346 g/mol. The van der Waals surface area contributed by atoms with Crippen LogP contribution in [-0.2, 0) is 16.4 Å². The van der Waals surface area contributed by atoms with E-state index in [0.29, 0.717) is 17.2 Å². The molecule has 0 heterocycles.